The molecule has 1 aliphatic heterocycles. The second kappa shape index (κ2) is 4.51. The van der Waals surface area contributed by atoms with Crippen LogP contribution in [0.1, 0.15) is 24.0 Å². The highest BCUT2D eigenvalue weighted by atomic mass is 16.5. The van der Waals surface area contributed by atoms with E-state index in [2.05, 4.69) is 0 Å². The van der Waals surface area contributed by atoms with Crippen molar-refractivity contribution in [1.29, 1.82) is 0 Å². The number of benzene rings is 1. The summed E-state index contributed by atoms with van der Waals surface area (Å²) in [5.74, 6) is 0.267. The lowest BCUT2D eigenvalue weighted by molar-refractivity contribution is -0.143. The average Bonchev–Trinajstić information content (AvgIpc) is 3.27. The number of hydrogen-bond donors (Lipinski definition) is 1. The summed E-state index contributed by atoms with van der Waals surface area (Å²) in [7, 11) is 1.65. The van der Waals surface area contributed by atoms with E-state index in [9.17, 15) is 9.59 Å². The molecule has 0 saturated heterocycles. The van der Waals surface area contributed by atoms with Gasteiger partial charge in [-0.2, -0.15) is 0 Å². The Morgan fingerprint density at radius 2 is 2.10 bits per heavy atom. The van der Waals surface area contributed by atoms with E-state index < -0.39 is 11.3 Å². The Balaban J connectivity index is 1.83. The number of rotatable bonds is 3. The maximum absolute atomic E-state index is 12.5. The molecule has 2 N–H and O–H groups in total. The molecule has 20 heavy (non-hydrogen) atoms. The predicted octanol–water partition coefficient (Wildman–Crippen LogP) is 0.845. The number of fused-ring (bicyclic) bond motifs is 1. The molecular weight excluding hydrogens is 256 g/mol. The molecule has 0 radical (unpaired) electrons. The third-order valence-electron chi connectivity index (χ3n) is 4.36. The second-order valence-corrected chi connectivity index (χ2v) is 5.52. The molecule has 1 aromatic carbocycles. The highest BCUT2D eigenvalue weighted by molar-refractivity contribution is 6.07. The van der Waals surface area contributed by atoms with Gasteiger partial charge >= 0.3 is 0 Å². The Morgan fingerprint density at radius 3 is 2.70 bits per heavy atom. The largest absolute Gasteiger partial charge is 0.496 e. The van der Waals surface area contributed by atoms with Gasteiger partial charge in [-0.25, -0.2) is 0 Å². The Kier molecular flexibility index (Phi) is 2.92. The zero-order valence-electron chi connectivity index (χ0n) is 11.5. The van der Waals surface area contributed by atoms with Crippen LogP contribution < -0.4 is 10.5 Å². The molecule has 5 heteroatoms. The van der Waals surface area contributed by atoms with Gasteiger partial charge in [0.15, 0.2) is 0 Å². The molecule has 0 bridgehead atoms. The first kappa shape index (κ1) is 13.0. The van der Waals surface area contributed by atoms with Gasteiger partial charge < -0.3 is 15.4 Å². The molecule has 2 aliphatic rings. The van der Waals surface area contributed by atoms with Crippen molar-refractivity contribution in [3.8, 4) is 5.75 Å². The fourth-order valence-electron chi connectivity index (χ4n) is 2.93. The zero-order valence-corrected chi connectivity index (χ0v) is 11.5. The lowest BCUT2D eigenvalue weighted by atomic mass is 9.96. The summed E-state index contributed by atoms with van der Waals surface area (Å²) in [5.41, 5.74) is 6.70. The molecule has 5 nitrogen and oxygen atoms in total. The van der Waals surface area contributed by atoms with Gasteiger partial charge in [-0.3, -0.25) is 9.59 Å². The molecule has 0 spiro atoms. The maximum Gasteiger partial charge on any atom is 0.238 e. The van der Waals surface area contributed by atoms with Gasteiger partial charge in [0.05, 0.1) is 7.11 Å². The van der Waals surface area contributed by atoms with Crippen LogP contribution in [-0.4, -0.2) is 30.4 Å². The molecule has 1 saturated carbocycles. The smallest absolute Gasteiger partial charge is 0.238 e. The normalized spacial score (nSPS) is 19.1. The maximum atomic E-state index is 12.5. The molecule has 106 valence electrons. The molecule has 3 rings (SSSR count). The van der Waals surface area contributed by atoms with Crippen LogP contribution >= 0.6 is 0 Å². The minimum Gasteiger partial charge on any atom is -0.496 e. The van der Waals surface area contributed by atoms with Gasteiger partial charge in [-0.05, 0) is 30.9 Å². The van der Waals surface area contributed by atoms with E-state index in [0.29, 0.717) is 25.9 Å². The number of carbonyl (C=O) groups excluding carboxylic acids is 2. The molecule has 2 amide bonds. The minimum absolute atomic E-state index is 0.113. The van der Waals surface area contributed by atoms with E-state index in [0.717, 1.165) is 23.3 Å². The lowest BCUT2D eigenvalue weighted by Crippen LogP contribution is -2.45. The molecule has 1 fully saturated rings. The number of methoxy groups -OCH3 is 1. The van der Waals surface area contributed by atoms with Crippen LogP contribution in [0.4, 0.5) is 0 Å². The Labute approximate surface area is 117 Å². The standard InChI is InChI=1S/C15H18N2O3/c1-20-12-4-2-3-10-9-17(8-5-11(10)12)14(19)15(6-7-15)13(16)18/h2-4H,5-9H2,1H3,(H2,16,18). The van der Waals surface area contributed by atoms with Crippen LogP contribution in [0.25, 0.3) is 0 Å². The van der Waals surface area contributed by atoms with Crippen molar-refractivity contribution in [2.75, 3.05) is 13.7 Å². The molecule has 1 heterocycles. The summed E-state index contributed by atoms with van der Waals surface area (Å²) in [6.07, 6.45) is 1.92. The first-order chi connectivity index (χ1) is 9.58. The van der Waals surface area contributed by atoms with Crippen molar-refractivity contribution in [3.05, 3.63) is 29.3 Å². The van der Waals surface area contributed by atoms with E-state index in [1.54, 1.807) is 12.0 Å². The predicted molar refractivity (Wildman–Crippen MR) is 73.0 cm³/mol. The van der Waals surface area contributed by atoms with Gasteiger partial charge in [0.25, 0.3) is 0 Å². The number of ether oxygens (including phenoxy) is 1. The Bertz CT molecular complexity index is 578. The molecule has 1 aromatic rings. The van der Waals surface area contributed by atoms with Gasteiger partial charge in [-0.1, -0.05) is 12.1 Å². The average molecular weight is 274 g/mol. The minimum atomic E-state index is -0.920. The summed E-state index contributed by atoms with van der Waals surface area (Å²) in [5, 5.41) is 0. The van der Waals surface area contributed by atoms with E-state index >= 15 is 0 Å². The first-order valence-corrected chi connectivity index (χ1v) is 6.82. The van der Waals surface area contributed by atoms with Crippen molar-refractivity contribution < 1.29 is 14.3 Å². The van der Waals surface area contributed by atoms with Crippen molar-refractivity contribution in [2.24, 2.45) is 11.1 Å². The summed E-state index contributed by atoms with van der Waals surface area (Å²) in [6, 6.07) is 5.86. The van der Waals surface area contributed by atoms with Crippen LogP contribution in [0.5, 0.6) is 5.75 Å². The summed E-state index contributed by atoms with van der Waals surface area (Å²) >= 11 is 0. The summed E-state index contributed by atoms with van der Waals surface area (Å²) in [4.78, 5) is 25.7. The van der Waals surface area contributed by atoms with Crippen molar-refractivity contribution in [3.63, 3.8) is 0 Å². The molecular formula is C15H18N2O3. The van der Waals surface area contributed by atoms with Gasteiger partial charge in [0.2, 0.25) is 11.8 Å². The number of nitrogens with zero attached hydrogens (tertiary/aromatic N) is 1. The van der Waals surface area contributed by atoms with Crippen molar-refractivity contribution in [1.82, 2.24) is 4.90 Å². The number of carbonyl (C=O) groups is 2. The summed E-state index contributed by atoms with van der Waals surface area (Å²) in [6.45, 7) is 1.14. The van der Waals surface area contributed by atoms with E-state index in [1.165, 1.54) is 0 Å². The second-order valence-electron chi connectivity index (χ2n) is 5.52. The van der Waals surface area contributed by atoms with Crippen LogP contribution in [0, 0.1) is 5.41 Å². The molecule has 1 aliphatic carbocycles. The fraction of sp³-hybridized carbons (Fsp3) is 0.467. The van der Waals surface area contributed by atoms with Gasteiger partial charge in [0.1, 0.15) is 11.2 Å². The van der Waals surface area contributed by atoms with Crippen molar-refractivity contribution >= 4 is 11.8 Å². The van der Waals surface area contributed by atoms with E-state index in [4.69, 9.17) is 10.5 Å². The number of nitrogens with two attached hydrogens (primary N) is 1. The zero-order chi connectivity index (χ0) is 14.3. The van der Waals surface area contributed by atoms with Crippen LogP contribution in [0.2, 0.25) is 0 Å². The first-order valence-electron chi connectivity index (χ1n) is 6.82. The third kappa shape index (κ3) is 1.85. The molecule has 0 unspecified atom stereocenters. The number of hydrogen-bond acceptors (Lipinski definition) is 3. The highest BCUT2D eigenvalue weighted by Crippen LogP contribution is 2.47. The van der Waals surface area contributed by atoms with E-state index in [-0.39, 0.29) is 5.91 Å². The topological polar surface area (TPSA) is 72.6 Å². The highest BCUT2D eigenvalue weighted by Gasteiger charge is 2.57. The van der Waals surface area contributed by atoms with Crippen molar-refractivity contribution in [2.45, 2.75) is 25.8 Å². The van der Waals surface area contributed by atoms with Gasteiger partial charge in [0, 0.05) is 18.7 Å². The molecule has 0 aromatic heterocycles. The SMILES string of the molecule is COc1cccc2c1CCN(C(=O)C1(C(N)=O)CC1)C2. The lowest BCUT2D eigenvalue weighted by Gasteiger charge is -2.31. The third-order valence-corrected chi connectivity index (χ3v) is 4.36. The Hall–Kier alpha value is -2.04. The Morgan fingerprint density at radius 1 is 1.35 bits per heavy atom. The quantitative estimate of drug-likeness (QED) is 0.830. The monoisotopic (exact) mass is 274 g/mol. The number of primary amides is 1. The van der Waals surface area contributed by atoms with Crippen LogP contribution in [-0.2, 0) is 22.6 Å². The van der Waals surface area contributed by atoms with Crippen LogP contribution in [0.15, 0.2) is 18.2 Å². The fourth-order valence-corrected chi connectivity index (χ4v) is 2.93. The summed E-state index contributed by atoms with van der Waals surface area (Å²) < 4.78 is 5.35. The molecule has 0 atom stereocenters. The van der Waals surface area contributed by atoms with Gasteiger partial charge in [-0.15, -0.1) is 0 Å². The van der Waals surface area contributed by atoms with E-state index in [1.807, 2.05) is 18.2 Å². The van der Waals surface area contributed by atoms with Crippen LogP contribution in [0.3, 0.4) is 0 Å². The number of amides is 2.